The van der Waals surface area contributed by atoms with Gasteiger partial charge in [0.25, 0.3) is 0 Å². The molecule has 0 atom stereocenters. The summed E-state index contributed by atoms with van der Waals surface area (Å²) in [6.45, 7) is 3.64. The zero-order valence-electron chi connectivity index (χ0n) is 14.9. The van der Waals surface area contributed by atoms with Gasteiger partial charge in [0, 0.05) is 32.0 Å². The molecule has 26 heavy (non-hydrogen) atoms. The smallest absolute Gasteiger partial charge is 0.161 e. The molecule has 1 aliphatic heterocycles. The first kappa shape index (κ1) is 16.7. The first-order chi connectivity index (χ1) is 12.8. The van der Waals surface area contributed by atoms with Crippen LogP contribution >= 0.6 is 0 Å². The lowest BCUT2D eigenvalue weighted by molar-refractivity contribution is 0.0131. The highest BCUT2D eigenvalue weighted by molar-refractivity contribution is 5.39. The first-order valence-corrected chi connectivity index (χ1v) is 8.87. The van der Waals surface area contributed by atoms with Gasteiger partial charge >= 0.3 is 0 Å². The van der Waals surface area contributed by atoms with E-state index >= 15 is 0 Å². The van der Waals surface area contributed by atoms with Gasteiger partial charge in [-0.2, -0.15) is 5.10 Å². The van der Waals surface area contributed by atoms with Crippen LogP contribution in [0.3, 0.4) is 0 Å². The summed E-state index contributed by atoms with van der Waals surface area (Å²) in [5.41, 5.74) is 2.59. The van der Waals surface area contributed by atoms with Crippen LogP contribution in [0.15, 0.2) is 67.0 Å². The lowest BCUT2D eigenvalue weighted by Crippen LogP contribution is -2.53. The molecule has 3 aromatic rings. The van der Waals surface area contributed by atoms with Crippen LogP contribution in [0.1, 0.15) is 11.1 Å². The molecule has 2 heterocycles. The van der Waals surface area contributed by atoms with Crippen molar-refractivity contribution in [1.29, 1.82) is 0 Å². The molecule has 0 unspecified atom stereocenters. The Morgan fingerprint density at radius 3 is 2.27 bits per heavy atom. The average molecular weight is 349 g/mol. The summed E-state index contributed by atoms with van der Waals surface area (Å²) >= 11 is 0. The molecule has 0 radical (unpaired) electrons. The van der Waals surface area contributed by atoms with E-state index in [-0.39, 0.29) is 6.10 Å². The van der Waals surface area contributed by atoms with E-state index < -0.39 is 0 Å². The zero-order valence-corrected chi connectivity index (χ0v) is 14.9. The van der Waals surface area contributed by atoms with Crippen LogP contribution in [0, 0.1) is 0 Å². The van der Waals surface area contributed by atoms with Gasteiger partial charge in [-0.15, -0.1) is 0 Å². The molecule has 1 aromatic heterocycles. The third-order valence-electron chi connectivity index (χ3n) is 4.62. The van der Waals surface area contributed by atoms with Crippen molar-refractivity contribution in [2.75, 3.05) is 20.2 Å². The van der Waals surface area contributed by atoms with Crippen LogP contribution in [0.5, 0.6) is 11.5 Å². The summed E-state index contributed by atoms with van der Waals surface area (Å²) in [5, 5.41) is 4.25. The Bertz CT molecular complexity index is 825. The second-order valence-corrected chi connectivity index (χ2v) is 6.60. The number of para-hydroxylation sites is 2. The van der Waals surface area contributed by atoms with Crippen LogP contribution in [0.25, 0.3) is 0 Å². The molecule has 1 saturated heterocycles. The minimum Gasteiger partial charge on any atom is -0.493 e. The van der Waals surface area contributed by atoms with E-state index in [0.717, 1.165) is 37.7 Å². The SMILES string of the molecule is COc1ccccc1OC1CN(Cc2ccc(Cn3cccn3)cc2)C1. The Morgan fingerprint density at radius 2 is 1.62 bits per heavy atom. The fraction of sp³-hybridized carbons (Fsp3) is 0.286. The van der Waals surface area contributed by atoms with Gasteiger partial charge in [0.05, 0.1) is 13.7 Å². The highest BCUT2D eigenvalue weighted by atomic mass is 16.5. The maximum absolute atomic E-state index is 6.04. The number of methoxy groups -OCH3 is 1. The quantitative estimate of drug-likeness (QED) is 0.657. The van der Waals surface area contributed by atoms with Crippen molar-refractivity contribution in [3.63, 3.8) is 0 Å². The maximum atomic E-state index is 6.04. The van der Waals surface area contributed by atoms with Gasteiger partial charge in [0.2, 0.25) is 0 Å². The summed E-state index contributed by atoms with van der Waals surface area (Å²) in [6.07, 6.45) is 4.02. The molecular weight excluding hydrogens is 326 g/mol. The van der Waals surface area contributed by atoms with E-state index in [2.05, 4.69) is 34.3 Å². The van der Waals surface area contributed by atoms with E-state index in [1.165, 1.54) is 11.1 Å². The topological polar surface area (TPSA) is 39.5 Å². The summed E-state index contributed by atoms with van der Waals surface area (Å²) in [5.74, 6) is 1.61. The van der Waals surface area contributed by atoms with Crippen molar-refractivity contribution >= 4 is 0 Å². The number of aromatic nitrogens is 2. The fourth-order valence-electron chi connectivity index (χ4n) is 3.21. The Balaban J connectivity index is 1.26. The van der Waals surface area contributed by atoms with Crippen LogP contribution in [0.2, 0.25) is 0 Å². The molecule has 1 aliphatic rings. The van der Waals surface area contributed by atoms with E-state index in [0.29, 0.717) is 0 Å². The first-order valence-electron chi connectivity index (χ1n) is 8.87. The van der Waals surface area contributed by atoms with Gasteiger partial charge in [-0.3, -0.25) is 9.58 Å². The minimum atomic E-state index is 0.227. The van der Waals surface area contributed by atoms with Gasteiger partial charge in [0.15, 0.2) is 11.5 Å². The highest BCUT2D eigenvalue weighted by Crippen LogP contribution is 2.29. The maximum Gasteiger partial charge on any atom is 0.161 e. The minimum absolute atomic E-state index is 0.227. The average Bonchev–Trinajstić information content (AvgIpc) is 3.15. The molecule has 0 N–H and O–H groups in total. The number of nitrogens with zero attached hydrogens (tertiary/aromatic N) is 3. The third-order valence-corrected chi connectivity index (χ3v) is 4.62. The molecule has 0 saturated carbocycles. The van der Waals surface area contributed by atoms with Crippen LogP contribution < -0.4 is 9.47 Å². The number of ether oxygens (including phenoxy) is 2. The summed E-state index contributed by atoms with van der Waals surface area (Å²) in [6, 6.07) is 18.5. The van der Waals surface area contributed by atoms with Crippen molar-refractivity contribution < 1.29 is 9.47 Å². The Kier molecular flexibility index (Phi) is 4.88. The lowest BCUT2D eigenvalue weighted by atomic mass is 10.1. The second kappa shape index (κ2) is 7.62. The molecule has 5 nitrogen and oxygen atoms in total. The molecule has 0 bridgehead atoms. The Hall–Kier alpha value is -2.79. The fourth-order valence-corrected chi connectivity index (χ4v) is 3.21. The van der Waals surface area contributed by atoms with Gasteiger partial charge in [0.1, 0.15) is 6.10 Å². The molecular formula is C21H23N3O2. The molecule has 0 amide bonds. The number of likely N-dealkylation sites (tertiary alicyclic amines) is 1. The zero-order chi connectivity index (χ0) is 17.8. The summed E-state index contributed by atoms with van der Waals surface area (Å²) < 4.78 is 13.3. The van der Waals surface area contributed by atoms with Gasteiger partial charge in [-0.25, -0.2) is 0 Å². The standard InChI is InChI=1S/C21H23N3O2/c1-25-20-5-2-3-6-21(20)26-19-15-23(16-19)13-17-7-9-18(10-8-17)14-24-12-4-11-22-24/h2-12,19H,13-16H2,1H3. The monoisotopic (exact) mass is 349 g/mol. The van der Waals surface area contributed by atoms with Crippen molar-refractivity contribution in [3.8, 4) is 11.5 Å². The normalized spacial score (nSPS) is 14.8. The predicted molar refractivity (Wildman–Crippen MR) is 100 cm³/mol. The number of benzene rings is 2. The van der Waals surface area contributed by atoms with Crippen molar-refractivity contribution in [2.45, 2.75) is 19.2 Å². The number of hydrogen-bond acceptors (Lipinski definition) is 4. The Morgan fingerprint density at radius 1 is 0.923 bits per heavy atom. The van der Waals surface area contributed by atoms with Crippen molar-refractivity contribution in [1.82, 2.24) is 14.7 Å². The molecule has 1 fully saturated rings. The molecule has 5 heteroatoms. The number of rotatable bonds is 7. The van der Waals surface area contributed by atoms with E-state index in [4.69, 9.17) is 9.47 Å². The van der Waals surface area contributed by atoms with Crippen LogP contribution in [-0.4, -0.2) is 41.0 Å². The summed E-state index contributed by atoms with van der Waals surface area (Å²) in [7, 11) is 1.67. The van der Waals surface area contributed by atoms with E-state index in [1.54, 1.807) is 7.11 Å². The van der Waals surface area contributed by atoms with Gasteiger partial charge < -0.3 is 9.47 Å². The lowest BCUT2D eigenvalue weighted by Gasteiger charge is -2.39. The van der Waals surface area contributed by atoms with E-state index in [9.17, 15) is 0 Å². The molecule has 2 aromatic carbocycles. The van der Waals surface area contributed by atoms with Crippen LogP contribution in [0.4, 0.5) is 0 Å². The largest absolute Gasteiger partial charge is 0.493 e. The van der Waals surface area contributed by atoms with Crippen molar-refractivity contribution in [2.24, 2.45) is 0 Å². The Labute approximate surface area is 153 Å². The van der Waals surface area contributed by atoms with Gasteiger partial charge in [-0.1, -0.05) is 36.4 Å². The molecule has 4 rings (SSSR count). The molecule has 0 spiro atoms. The molecule has 0 aliphatic carbocycles. The van der Waals surface area contributed by atoms with E-state index in [1.807, 2.05) is 47.4 Å². The highest BCUT2D eigenvalue weighted by Gasteiger charge is 2.28. The number of hydrogen-bond donors (Lipinski definition) is 0. The summed E-state index contributed by atoms with van der Waals surface area (Å²) in [4.78, 5) is 2.39. The third kappa shape index (κ3) is 3.89. The van der Waals surface area contributed by atoms with Gasteiger partial charge in [-0.05, 0) is 29.3 Å². The van der Waals surface area contributed by atoms with Crippen molar-refractivity contribution in [3.05, 3.63) is 78.1 Å². The molecule has 134 valence electrons. The van der Waals surface area contributed by atoms with Crippen LogP contribution in [-0.2, 0) is 13.1 Å². The predicted octanol–water partition coefficient (Wildman–Crippen LogP) is 3.20. The second-order valence-electron chi connectivity index (χ2n) is 6.60.